The highest BCUT2D eigenvalue weighted by Gasteiger charge is 2.50. The number of nitrogens with zero attached hydrogens (tertiary/aromatic N) is 1. The third-order valence-corrected chi connectivity index (χ3v) is 6.05. The molecule has 0 aliphatic carbocycles. The summed E-state index contributed by atoms with van der Waals surface area (Å²) in [5, 5.41) is 10.2. The highest BCUT2D eigenvalue weighted by molar-refractivity contribution is 5.90. The van der Waals surface area contributed by atoms with Crippen molar-refractivity contribution >= 4 is 5.91 Å². The molecule has 2 unspecified atom stereocenters. The molecular formula is C26H26N2O6. The molecule has 3 aromatic rings. The Morgan fingerprint density at radius 3 is 1.85 bits per heavy atom. The van der Waals surface area contributed by atoms with Gasteiger partial charge in [-0.1, -0.05) is 66.7 Å². The van der Waals surface area contributed by atoms with Crippen LogP contribution in [-0.2, 0) is 25.4 Å². The molecule has 1 aromatic heterocycles. The van der Waals surface area contributed by atoms with Gasteiger partial charge in [0.15, 0.2) is 12.6 Å². The van der Waals surface area contributed by atoms with Crippen LogP contribution in [0.25, 0.3) is 0 Å². The van der Waals surface area contributed by atoms with Crippen molar-refractivity contribution in [1.82, 2.24) is 4.98 Å². The van der Waals surface area contributed by atoms with Gasteiger partial charge in [0.1, 0.15) is 24.0 Å². The topological polar surface area (TPSA) is 113 Å². The van der Waals surface area contributed by atoms with Crippen molar-refractivity contribution in [2.75, 3.05) is 6.61 Å². The van der Waals surface area contributed by atoms with E-state index in [1.54, 1.807) is 18.3 Å². The highest BCUT2D eigenvalue weighted by Crippen LogP contribution is 2.41. The fourth-order valence-corrected chi connectivity index (χ4v) is 4.34. The Morgan fingerprint density at radius 1 is 0.794 bits per heavy atom. The van der Waals surface area contributed by atoms with E-state index in [2.05, 4.69) is 4.98 Å². The normalized spacial score (nSPS) is 28.7. The average Bonchev–Trinajstić information content (AvgIpc) is 2.89. The molecule has 8 heteroatoms. The number of hydrogen-bond donors (Lipinski definition) is 2. The fraction of sp³-hybridized carbons (Fsp3) is 0.308. The maximum Gasteiger partial charge on any atom is 0.267 e. The predicted molar refractivity (Wildman–Crippen MR) is 121 cm³/mol. The summed E-state index contributed by atoms with van der Waals surface area (Å²) in [6, 6.07) is 22.6. The molecule has 5 rings (SSSR count). The number of fused-ring (bicyclic) bond motifs is 1. The minimum absolute atomic E-state index is 0.198. The van der Waals surface area contributed by atoms with E-state index in [0.29, 0.717) is 6.42 Å². The summed E-state index contributed by atoms with van der Waals surface area (Å²) in [4.78, 5) is 15.5. The van der Waals surface area contributed by atoms with E-state index in [9.17, 15) is 9.90 Å². The molecule has 0 saturated carbocycles. The zero-order chi connectivity index (χ0) is 23.5. The zero-order valence-electron chi connectivity index (χ0n) is 18.4. The molecule has 1 amide bonds. The van der Waals surface area contributed by atoms with Crippen LogP contribution in [0.2, 0.25) is 0 Å². The van der Waals surface area contributed by atoms with Crippen LogP contribution in [0.5, 0.6) is 0 Å². The monoisotopic (exact) mass is 462 g/mol. The van der Waals surface area contributed by atoms with Gasteiger partial charge in [0, 0.05) is 23.7 Å². The van der Waals surface area contributed by atoms with Crippen molar-refractivity contribution in [2.24, 2.45) is 5.73 Å². The number of aliphatic hydroxyl groups is 1. The number of nitrogens with two attached hydrogens (primary N) is 1. The minimum Gasteiger partial charge on any atom is -0.394 e. The first kappa shape index (κ1) is 22.6. The molecule has 2 fully saturated rings. The quantitative estimate of drug-likeness (QED) is 0.579. The van der Waals surface area contributed by atoms with Gasteiger partial charge in [0.2, 0.25) is 0 Å². The van der Waals surface area contributed by atoms with Gasteiger partial charge in [-0.05, 0) is 11.6 Å². The van der Waals surface area contributed by atoms with Crippen LogP contribution in [0.3, 0.4) is 0 Å². The van der Waals surface area contributed by atoms with E-state index in [0.717, 1.165) is 16.7 Å². The van der Waals surface area contributed by atoms with Gasteiger partial charge in [-0.25, -0.2) is 0 Å². The number of amides is 1. The van der Waals surface area contributed by atoms with Gasteiger partial charge in [0.25, 0.3) is 5.91 Å². The first-order chi connectivity index (χ1) is 16.6. The van der Waals surface area contributed by atoms with Crippen molar-refractivity contribution in [3.63, 3.8) is 0 Å². The lowest BCUT2D eigenvalue weighted by Gasteiger charge is -2.49. The van der Waals surface area contributed by atoms with Crippen LogP contribution in [-0.4, -0.2) is 47.0 Å². The molecule has 6 atom stereocenters. The van der Waals surface area contributed by atoms with Gasteiger partial charge in [0.05, 0.1) is 12.7 Å². The number of hydrogen-bond acceptors (Lipinski definition) is 7. The lowest BCUT2D eigenvalue weighted by molar-refractivity contribution is -0.384. The molecule has 0 radical (unpaired) electrons. The summed E-state index contributed by atoms with van der Waals surface area (Å²) >= 11 is 0. The summed E-state index contributed by atoms with van der Waals surface area (Å²) in [6.45, 7) is -0.225. The minimum atomic E-state index is -0.669. The Hall–Kier alpha value is -3.14. The summed E-state index contributed by atoms with van der Waals surface area (Å²) in [7, 11) is 0. The molecule has 176 valence electrons. The second-order valence-corrected chi connectivity index (χ2v) is 8.34. The van der Waals surface area contributed by atoms with Crippen molar-refractivity contribution in [2.45, 2.75) is 43.4 Å². The number of rotatable bonds is 6. The molecule has 8 nitrogen and oxygen atoms in total. The first-order valence-electron chi connectivity index (χ1n) is 11.2. The van der Waals surface area contributed by atoms with Gasteiger partial charge in [-0.15, -0.1) is 0 Å². The number of aliphatic hydroxyl groups excluding tert-OH is 1. The third kappa shape index (κ3) is 4.72. The summed E-state index contributed by atoms with van der Waals surface area (Å²) < 4.78 is 25.1. The van der Waals surface area contributed by atoms with E-state index in [4.69, 9.17) is 24.7 Å². The van der Waals surface area contributed by atoms with Crippen molar-refractivity contribution < 1.29 is 28.8 Å². The van der Waals surface area contributed by atoms with Gasteiger partial charge in [-0.3, -0.25) is 9.78 Å². The number of ether oxygens (including phenoxy) is 4. The Bertz CT molecular complexity index is 1100. The van der Waals surface area contributed by atoms with Crippen LogP contribution < -0.4 is 5.73 Å². The standard InChI is InChI=1S/C26H26N2O6/c27-24(30)19-12-11-16(14-28-19)13-20-22-23(34-25(31-20)17-7-3-1-4-8-17)21(15-29)32-26(33-22)18-9-5-2-6-10-18/h1-12,14,20-23,25-26,29H,13,15H2,(H2,27,30)/t20-,21-,22+,23-,25?,26?/m1/s1. The van der Waals surface area contributed by atoms with Crippen LogP contribution in [0, 0.1) is 0 Å². The van der Waals surface area contributed by atoms with Crippen molar-refractivity contribution in [3.05, 3.63) is 101 Å². The Morgan fingerprint density at radius 2 is 1.35 bits per heavy atom. The molecule has 3 N–H and O–H groups in total. The van der Waals surface area contributed by atoms with E-state index in [1.165, 1.54) is 0 Å². The third-order valence-electron chi connectivity index (χ3n) is 6.05. The average molecular weight is 463 g/mol. The van der Waals surface area contributed by atoms with E-state index in [-0.39, 0.29) is 12.3 Å². The summed E-state index contributed by atoms with van der Waals surface area (Å²) in [5.74, 6) is -0.581. The lowest BCUT2D eigenvalue weighted by Crippen LogP contribution is -2.59. The maximum atomic E-state index is 11.4. The smallest absolute Gasteiger partial charge is 0.267 e. The number of carbonyl (C=O) groups excluding carboxylic acids is 1. The molecule has 2 aromatic carbocycles. The molecule has 3 heterocycles. The van der Waals surface area contributed by atoms with E-state index >= 15 is 0 Å². The van der Waals surface area contributed by atoms with Crippen LogP contribution in [0.4, 0.5) is 0 Å². The molecule has 0 spiro atoms. The van der Waals surface area contributed by atoms with Crippen LogP contribution in [0.15, 0.2) is 79.0 Å². The predicted octanol–water partition coefficient (Wildman–Crippen LogP) is 2.68. The molecule has 0 bridgehead atoms. The van der Waals surface area contributed by atoms with E-state index < -0.39 is 42.9 Å². The first-order valence-corrected chi connectivity index (χ1v) is 11.2. The van der Waals surface area contributed by atoms with Crippen LogP contribution in [0.1, 0.15) is 39.8 Å². The SMILES string of the molecule is NC(=O)c1ccc(C[C@H]2OC(c3ccccc3)O[C@H]3[C@H]2OC(c2ccccc2)O[C@@H]3CO)cn1. The molecule has 34 heavy (non-hydrogen) atoms. The largest absolute Gasteiger partial charge is 0.394 e. The van der Waals surface area contributed by atoms with Gasteiger partial charge >= 0.3 is 0 Å². The maximum absolute atomic E-state index is 11.4. The summed E-state index contributed by atoms with van der Waals surface area (Å²) in [5.41, 5.74) is 8.07. The van der Waals surface area contributed by atoms with Gasteiger partial charge in [-0.2, -0.15) is 0 Å². The second kappa shape index (κ2) is 10.0. The lowest BCUT2D eigenvalue weighted by atomic mass is 9.94. The Kier molecular flexibility index (Phi) is 6.66. The second-order valence-electron chi connectivity index (χ2n) is 8.34. The fourth-order valence-electron chi connectivity index (χ4n) is 4.34. The highest BCUT2D eigenvalue weighted by atomic mass is 16.8. The number of carbonyl (C=O) groups is 1. The van der Waals surface area contributed by atoms with E-state index in [1.807, 2.05) is 60.7 Å². The van der Waals surface area contributed by atoms with Gasteiger partial charge < -0.3 is 29.8 Å². The van der Waals surface area contributed by atoms with Crippen molar-refractivity contribution in [3.8, 4) is 0 Å². The molecule has 2 aliphatic heterocycles. The molecular weight excluding hydrogens is 436 g/mol. The molecule has 2 saturated heterocycles. The number of benzene rings is 2. The van der Waals surface area contributed by atoms with Crippen molar-refractivity contribution in [1.29, 1.82) is 0 Å². The number of aromatic nitrogens is 1. The molecule has 2 aliphatic rings. The summed E-state index contributed by atoms with van der Waals surface area (Å²) in [6.07, 6.45) is -1.33. The number of primary amides is 1. The Labute approximate surface area is 197 Å². The zero-order valence-corrected chi connectivity index (χ0v) is 18.4. The Balaban J connectivity index is 1.45. The number of pyridine rings is 1. The van der Waals surface area contributed by atoms with Crippen LogP contribution >= 0.6 is 0 Å².